The highest BCUT2D eigenvalue weighted by molar-refractivity contribution is 6.05. The summed E-state index contributed by atoms with van der Waals surface area (Å²) in [7, 11) is 0. The van der Waals surface area contributed by atoms with E-state index in [0.29, 0.717) is 64.7 Å². The number of fused-ring (bicyclic) bond motifs is 1. The zero-order chi connectivity index (χ0) is 22.8. The molecule has 32 heavy (non-hydrogen) atoms. The van der Waals surface area contributed by atoms with E-state index in [-0.39, 0.29) is 24.1 Å². The molecule has 9 heteroatoms. The number of rotatable bonds is 14. The van der Waals surface area contributed by atoms with E-state index in [2.05, 4.69) is 5.32 Å². The third-order valence-corrected chi connectivity index (χ3v) is 5.65. The Labute approximate surface area is 188 Å². The Morgan fingerprint density at radius 2 is 1.66 bits per heavy atom. The topological polar surface area (TPSA) is 120 Å². The maximum absolute atomic E-state index is 12.9. The Bertz CT molecular complexity index is 800. The minimum Gasteiger partial charge on any atom is -0.379 e. The van der Waals surface area contributed by atoms with Gasteiger partial charge in [-0.25, -0.2) is 0 Å². The highest BCUT2D eigenvalue weighted by Crippen LogP contribution is 2.30. The first-order chi connectivity index (χ1) is 15.6. The molecule has 9 nitrogen and oxygen atoms in total. The number of nitrogens with one attached hydrogen (secondary N) is 1. The van der Waals surface area contributed by atoms with Gasteiger partial charge in [-0.3, -0.25) is 19.7 Å². The van der Waals surface area contributed by atoms with Gasteiger partial charge in [0.05, 0.1) is 26.4 Å². The van der Waals surface area contributed by atoms with Crippen LogP contribution in [0.3, 0.4) is 0 Å². The number of amides is 3. The maximum atomic E-state index is 12.9. The van der Waals surface area contributed by atoms with E-state index in [4.69, 9.17) is 19.9 Å². The molecule has 0 bridgehead atoms. The molecule has 1 saturated heterocycles. The molecule has 176 valence electrons. The van der Waals surface area contributed by atoms with Crippen molar-refractivity contribution in [1.82, 2.24) is 10.2 Å². The van der Waals surface area contributed by atoms with Gasteiger partial charge in [0.15, 0.2) is 0 Å². The van der Waals surface area contributed by atoms with Crippen molar-refractivity contribution >= 4 is 17.7 Å². The minimum absolute atomic E-state index is 0.142. The molecule has 1 unspecified atom stereocenters. The van der Waals surface area contributed by atoms with Crippen molar-refractivity contribution in [1.29, 1.82) is 0 Å². The summed E-state index contributed by atoms with van der Waals surface area (Å²) in [5, 5.41) is 2.34. The number of aryl methyl sites for hydroxylation is 1. The van der Waals surface area contributed by atoms with Crippen molar-refractivity contribution in [3.63, 3.8) is 0 Å². The molecule has 3 amide bonds. The van der Waals surface area contributed by atoms with Crippen LogP contribution in [0.5, 0.6) is 0 Å². The highest BCUT2D eigenvalue weighted by atomic mass is 16.5. The minimum atomic E-state index is -0.588. The lowest BCUT2D eigenvalue weighted by molar-refractivity contribution is -0.136. The van der Waals surface area contributed by atoms with Crippen LogP contribution < -0.4 is 11.1 Å². The van der Waals surface area contributed by atoms with Gasteiger partial charge in [0.25, 0.3) is 5.91 Å². The summed E-state index contributed by atoms with van der Waals surface area (Å²) in [6.07, 6.45) is 3.10. The molecular formula is C23H33N3O6. The lowest BCUT2D eigenvalue weighted by Gasteiger charge is -2.29. The largest absolute Gasteiger partial charge is 0.379 e. The summed E-state index contributed by atoms with van der Waals surface area (Å²) in [5.41, 5.74) is 8.11. The quantitative estimate of drug-likeness (QED) is 0.319. The molecule has 1 atom stereocenters. The fourth-order valence-electron chi connectivity index (χ4n) is 3.98. The predicted octanol–water partition coefficient (Wildman–Crippen LogP) is 0.779. The number of hydrogen-bond acceptors (Lipinski definition) is 7. The Hall–Kier alpha value is -2.33. The molecule has 3 N–H and O–H groups in total. The van der Waals surface area contributed by atoms with Gasteiger partial charge in [-0.05, 0) is 49.4 Å². The number of carbonyl (C=O) groups is 3. The first-order valence-corrected chi connectivity index (χ1v) is 11.3. The predicted molar refractivity (Wildman–Crippen MR) is 117 cm³/mol. The molecule has 2 heterocycles. The Morgan fingerprint density at radius 1 is 0.969 bits per heavy atom. The van der Waals surface area contributed by atoms with Crippen LogP contribution >= 0.6 is 0 Å². The standard InChI is InChI=1S/C23H33N3O6/c24-9-3-11-31-13-15-32-14-12-30-10-2-5-17-4-1-6-18-19(17)16-26(23(18)29)20-7-8-21(27)25-22(20)28/h1,4,6,20H,2-3,5,7-16,24H2,(H,25,27,28). The van der Waals surface area contributed by atoms with Gasteiger partial charge in [-0.2, -0.15) is 0 Å². The van der Waals surface area contributed by atoms with Gasteiger partial charge in [-0.1, -0.05) is 12.1 Å². The zero-order valence-corrected chi connectivity index (χ0v) is 18.5. The molecule has 3 rings (SSSR count). The number of carbonyl (C=O) groups excluding carboxylic acids is 3. The first kappa shape index (κ1) is 24.3. The van der Waals surface area contributed by atoms with E-state index in [0.717, 1.165) is 30.4 Å². The van der Waals surface area contributed by atoms with E-state index in [1.807, 2.05) is 12.1 Å². The number of nitrogens with zero attached hydrogens (tertiary/aromatic N) is 1. The van der Waals surface area contributed by atoms with Gasteiger partial charge in [0.2, 0.25) is 11.8 Å². The van der Waals surface area contributed by atoms with Crippen LogP contribution in [0, 0.1) is 0 Å². The molecule has 2 aliphatic rings. The van der Waals surface area contributed by atoms with Crippen LogP contribution in [0.1, 0.15) is 47.2 Å². The summed E-state index contributed by atoms with van der Waals surface area (Å²) in [5.74, 6) is -0.809. The third-order valence-electron chi connectivity index (χ3n) is 5.65. The SMILES string of the molecule is NCCCOCCOCCOCCCc1cccc2c1CN(C1CCC(=O)NC1=O)C2=O. The lowest BCUT2D eigenvalue weighted by atomic mass is 10.00. The summed E-state index contributed by atoms with van der Waals surface area (Å²) in [6.45, 7) is 4.46. The highest BCUT2D eigenvalue weighted by Gasteiger charge is 2.39. The second kappa shape index (κ2) is 12.6. The number of piperidine rings is 1. The third kappa shape index (κ3) is 6.59. The van der Waals surface area contributed by atoms with E-state index < -0.39 is 6.04 Å². The smallest absolute Gasteiger partial charge is 0.255 e. The van der Waals surface area contributed by atoms with Gasteiger partial charge in [0, 0.05) is 31.7 Å². The van der Waals surface area contributed by atoms with E-state index in [1.165, 1.54) is 0 Å². The monoisotopic (exact) mass is 447 g/mol. The Balaban J connectivity index is 1.37. The first-order valence-electron chi connectivity index (χ1n) is 11.3. The number of ether oxygens (including phenoxy) is 3. The van der Waals surface area contributed by atoms with Crippen molar-refractivity contribution in [2.75, 3.05) is 46.2 Å². The van der Waals surface area contributed by atoms with E-state index in [1.54, 1.807) is 11.0 Å². The van der Waals surface area contributed by atoms with Crippen molar-refractivity contribution in [2.24, 2.45) is 5.73 Å². The summed E-state index contributed by atoms with van der Waals surface area (Å²) < 4.78 is 16.5. The van der Waals surface area contributed by atoms with Crippen LogP contribution in [-0.4, -0.2) is 74.8 Å². The van der Waals surface area contributed by atoms with Crippen LogP contribution in [-0.2, 0) is 36.8 Å². The van der Waals surface area contributed by atoms with Crippen molar-refractivity contribution < 1.29 is 28.6 Å². The van der Waals surface area contributed by atoms with Gasteiger partial charge < -0.3 is 24.8 Å². The molecule has 0 saturated carbocycles. The van der Waals surface area contributed by atoms with Gasteiger partial charge in [-0.15, -0.1) is 0 Å². The van der Waals surface area contributed by atoms with Crippen LogP contribution in [0.25, 0.3) is 0 Å². The van der Waals surface area contributed by atoms with E-state index in [9.17, 15) is 14.4 Å². The summed E-state index contributed by atoms with van der Waals surface area (Å²) in [6, 6.07) is 5.12. The van der Waals surface area contributed by atoms with Crippen molar-refractivity contribution in [2.45, 2.75) is 44.7 Å². The molecule has 0 spiro atoms. The second-order valence-electron chi connectivity index (χ2n) is 7.93. The van der Waals surface area contributed by atoms with Crippen molar-refractivity contribution in [3.05, 3.63) is 34.9 Å². The van der Waals surface area contributed by atoms with Crippen LogP contribution in [0.4, 0.5) is 0 Å². The molecule has 0 aromatic heterocycles. The average Bonchev–Trinajstić information content (AvgIpc) is 3.11. The molecule has 1 fully saturated rings. The number of hydrogen-bond donors (Lipinski definition) is 2. The van der Waals surface area contributed by atoms with Gasteiger partial charge in [0.1, 0.15) is 6.04 Å². The van der Waals surface area contributed by atoms with Crippen LogP contribution in [0.15, 0.2) is 18.2 Å². The Morgan fingerprint density at radius 3 is 2.34 bits per heavy atom. The Kier molecular flexibility index (Phi) is 9.61. The molecule has 0 radical (unpaired) electrons. The molecular weight excluding hydrogens is 414 g/mol. The number of benzene rings is 1. The normalized spacial score (nSPS) is 18.2. The van der Waals surface area contributed by atoms with Gasteiger partial charge >= 0.3 is 0 Å². The maximum Gasteiger partial charge on any atom is 0.255 e. The average molecular weight is 448 g/mol. The van der Waals surface area contributed by atoms with Crippen molar-refractivity contribution in [3.8, 4) is 0 Å². The molecule has 1 aromatic rings. The fourth-order valence-corrected chi connectivity index (χ4v) is 3.98. The summed E-state index contributed by atoms with van der Waals surface area (Å²) >= 11 is 0. The zero-order valence-electron chi connectivity index (χ0n) is 18.5. The lowest BCUT2D eigenvalue weighted by Crippen LogP contribution is -2.52. The number of nitrogens with two attached hydrogens (primary N) is 1. The summed E-state index contributed by atoms with van der Waals surface area (Å²) in [4.78, 5) is 38.1. The second-order valence-corrected chi connectivity index (χ2v) is 7.93. The molecule has 0 aliphatic carbocycles. The number of imide groups is 1. The molecule has 2 aliphatic heterocycles. The van der Waals surface area contributed by atoms with E-state index >= 15 is 0 Å². The molecule has 1 aromatic carbocycles. The van der Waals surface area contributed by atoms with Crippen LogP contribution in [0.2, 0.25) is 0 Å². The fraction of sp³-hybridized carbons (Fsp3) is 0.609.